The molecule has 11 nitrogen and oxygen atoms in total. The summed E-state index contributed by atoms with van der Waals surface area (Å²) in [4.78, 5) is 37.9. The summed E-state index contributed by atoms with van der Waals surface area (Å²) in [6.45, 7) is 1.27. The summed E-state index contributed by atoms with van der Waals surface area (Å²) in [6, 6.07) is 3.90. The SMILES string of the molecule is CC(=O)Nc1nccc(-c2cnc([C@H]3CC[C@H]4CC(c5c(-n6cnnn6)ccc(Cl)c5F)=CC(=O)N43)[nH]2)c1F. The van der Waals surface area contributed by atoms with Crippen molar-refractivity contribution >= 4 is 34.8 Å². The molecule has 39 heavy (non-hydrogen) atoms. The number of carbonyl (C=O) groups excluding carboxylic acids is 2. The Labute approximate surface area is 224 Å². The lowest BCUT2D eigenvalue weighted by atomic mass is 9.92. The van der Waals surface area contributed by atoms with E-state index in [1.807, 2.05) is 0 Å². The summed E-state index contributed by atoms with van der Waals surface area (Å²) < 4.78 is 31.6. The van der Waals surface area contributed by atoms with Crippen molar-refractivity contribution in [1.82, 2.24) is 40.1 Å². The predicted molar refractivity (Wildman–Crippen MR) is 135 cm³/mol. The molecule has 6 rings (SSSR count). The Morgan fingerprint density at radius 3 is 2.79 bits per heavy atom. The second kappa shape index (κ2) is 9.66. The van der Waals surface area contributed by atoms with Crippen molar-refractivity contribution in [3.63, 3.8) is 0 Å². The zero-order chi connectivity index (χ0) is 27.3. The molecule has 2 aliphatic rings. The third kappa shape index (κ3) is 4.34. The number of H-pyrrole nitrogens is 1. The third-order valence-corrected chi connectivity index (χ3v) is 7.18. The first kappa shape index (κ1) is 24.8. The second-order valence-corrected chi connectivity index (χ2v) is 9.67. The highest BCUT2D eigenvalue weighted by Crippen LogP contribution is 2.44. The van der Waals surface area contributed by atoms with E-state index in [1.165, 1.54) is 48.5 Å². The molecule has 1 saturated heterocycles. The number of fused-ring (bicyclic) bond motifs is 1. The number of hydrogen-bond donors (Lipinski definition) is 2. The summed E-state index contributed by atoms with van der Waals surface area (Å²) in [5.74, 6) is -1.78. The molecule has 3 aromatic heterocycles. The minimum atomic E-state index is -0.698. The van der Waals surface area contributed by atoms with Crippen LogP contribution in [0.15, 0.2) is 43.0 Å². The average molecular weight is 552 g/mol. The maximum Gasteiger partial charge on any atom is 0.247 e. The molecular formula is C25H20ClF2N9O2. The smallest absolute Gasteiger partial charge is 0.247 e. The molecule has 1 aromatic carbocycles. The van der Waals surface area contributed by atoms with Gasteiger partial charge in [-0.25, -0.2) is 18.7 Å². The second-order valence-electron chi connectivity index (χ2n) is 9.26. The number of rotatable bonds is 5. The highest BCUT2D eigenvalue weighted by molar-refractivity contribution is 6.31. The summed E-state index contributed by atoms with van der Waals surface area (Å²) in [6.07, 6.45) is 7.27. The maximum absolute atomic E-state index is 15.3. The summed E-state index contributed by atoms with van der Waals surface area (Å²) >= 11 is 6.09. The van der Waals surface area contributed by atoms with Gasteiger partial charge in [0.2, 0.25) is 11.8 Å². The number of nitrogens with one attached hydrogen (secondary N) is 2. The van der Waals surface area contributed by atoms with Gasteiger partial charge in [-0.3, -0.25) is 9.59 Å². The number of amides is 2. The fourth-order valence-corrected chi connectivity index (χ4v) is 5.41. The predicted octanol–water partition coefficient (Wildman–Crippen LogP) is 3.86. The van der Waals surface area contributed by atoms with Gasteiger partial charge in [0.25, 0.3) is 0 Å². The lowest BCUT2D eigenvalue weighted by Gasteiger charge is -2.33. The highest BCUT2D eigenvalue weighted by atomic mass is 35.5. The van der Waals surface area contributed by atoms with Crippen molar-refractivity contribution in [2.45, 2.75) is 38.3 Å². The van der Waals surface area contributed by atoms with Crippen LogP contribution in [0, 0.1) is 11.6 Å². The van der Waals surface area contributed by atoms with Crippen LogP contribution < -0.4 is 5.32 Å². The van der Waals surface area contributed by atoms with Crippen LogP contribution in [0.4, 0.5) is 14.6 Å². The van der Waals surface area contributed by atoms with Crippen LogP contribution in [-0.2, 0) is 9.59 Å². The molecule has 14 heteroatoms. The minimum absolute atomic E-state index is 0.0741. The fourth-order valence-electron chi connectivity index (χ4n) is 5.25. The average Bonchev–Trinajstić information content (AvgIpc) is 3.67. The van der Waals surface area contributed by atoms with Crippen LogP contribution in [0.25, 0.3) is 22.5 Å². The van der Waals surface area contributed by atoms with Crippen LogP contribution in [0.5, 0.6) is 0 Å². The molecule has 2 aliphatic heterocycles. The number of anilines is 1. The Bertz CT molecular complexity index is 1640. The molecule has 5 heterocycles. The Balaban J connectivity index is 1.31. The van der Waals surface area contributed by atoms with Gasteiger partial charge in [-0.1, -0.05) is 11.6 Å². The lowest BCUT2D eigenvalue weighted by molar-refractivity contribution is -0.129. The number of benzene rings is 1. The zero-order valence-corrected chi connectivity index (χ0v) is 21.2. The molecule has 0 unspecified atom stereocenters. The van der Waals surface area contributed by atoms with Crippen LogP contribution in [0.2, 0.25) is 5.02 Å². The van der Waals surface area contributed by atoms with Gasteiger partial charge in [0, 0.05) is 36.4 Å². The van der Waals surface area contributed by atoms with E-state index in [4.69, 9.17) is 11.6 Å². The zero-order valence-electron chi connectivity index (χ0n) is 20.4. The number of halogens is 3. The summed E-state index contributed by atoms with van der Waals surface area (Å²) in [5.41, 5.74) is 1.61. The number of aromatic nitrogens is 7. The van der Waals surface area contributed by atoms with Crippen LogP contribution >= 0.6 is 11.6 Å². The first-order valence-corrected chi connectivity index (χ1v) is 12.4. The maximum atomic E-state index is 15.3. The third-order valence-electron chi connectivity index (χ3n) is 6.88. The van der Waals surface area contributed by atoms with Crippen molar-refractivity contribution in [1.29, 1.82) is 0 Å². The molecule has 0 spiro atoms. The Morgan fingerprint density at radius 2 is 2.03 bits per heavy atom. The van der Waals surface area contributed by atoms with Gasteiger partial charge in [-0.05, 0) is 53.5 Å². The van der Waals surface area contributed by atoms with Crippen molar-refractivity contribution in [2.24, 2.45) is 0 Å². The van der Waals surface area contributed by atoms with E-state index < -0.39 is 17.5 Å². The van der Waals surface area contributed by atoms with Crippen LogP contribution in [-0.4, -0.2) is 57.9 Å². The van der Waals surface area contributed by atoms with Crippen LogP contribution in [0.1, 0.15) is 43.6 Å². The van der Waals surface area contributed by atoms with Gasteiger partial charge in [0.1, 0.15) is 12.2 Å². The molecule has 198 valence electrons. The molecule has 4 aromatic rings. The van der Waals surface area contributed by atoms with E-state index >= 15 is 4.39 Å². The van der Waals surface area contributed by atoms with Gasteiger partial charge in [0.15, 0.2) is 17.5 Å². The molecule has 2 amide bonds. The van der Waals surface area contributed by atoms with Crippen LogP contribution in [0.3, 0.4) is 0 Å². The summed E-state index contributed by atoms with van der Waals surface area (Å²) in [5, 5.41) is 13.4. The number of tetrazole rings is 1. The topological polar surface area (TPSA) is 135 Å². The first-order valence-electron chi connectivity index (χ1n) is 12.0. The molecule has 0 bridgehead atoms. The molecule has 0 aliphatic carbocycles. The quantitative estimate of drug-likeness (QED) is 0.384. The minimum Gasteiger partial charge on any atom is -0.340 e. The normalized spacial score (nSPS) is 18.7. The first-order chi connectivity index (χ1) is 18.8. The molecule has 1 fully saturated rings. The Kier molecular flexibility index (Phi) is 6.14. The lowest BCUT2D eigenvalue weighted by Crippen LogP contribution is -2.39. The van der Waals surface area contributed by atoms with Crippen molar-refractivity contribution < 1.29 is 18.4 Å². The monoisotopic (exact) mass is 551 g/mol. The van der Waals surface area contributed by atoms with Gasteiger partial charge >= 0.3 is 0 Å². The van der Waals surface area contributed by atoms with Gasteiger partial charge in [-0.15, -0.1) is 5.10 Å². The standard InChI is InChI=1S/C25H20ClF2N9O2/c1-12(38)32-25-22(27)15(6-7-29-25)17-10-30-24(33-17)19-4-2-14-8-13(9-20(39)37(14)19)21-18(36-11-31-34-35-36)5-3-16(26)23(21)28/h3,5-7,9-11,14,19H,2,4,8H2,1H3,(H,30,33)(H,29,32,38)/t14-,19+/m0/s1. The molecule has 0 saturated carbocycles. The van der Waals surface area contributed by atoms with E-state index in [9.17, 15) is 14.0 Å². The van der Waals surface area contributed by atoms with E-state index in [2.05, 4.69) is 35.8 Å². The molecule has 2 atom stereocenters. The number of hydrogen-bond acceptors (Lipinski definition) is 7. The molecule has 0 radical (unpaired) electrons. The van der Waals surface area contributed by atoms with Gasteiger partial charge in [0.05, 0.1) is 28.6 Å². The van der Waals surface area contributed by atoms with Crippen molar-refractivity contribution in [3.8, 4) is 16.9 Å². The number of carbonyl (C=O) groups is 2. The van der Waals surface area contributed by atoms with E-state index in [1.54, 1.807) is 11.0 Å². The van der Waals surface area contributed by atoms with Crippen molar-refractivity contribution in [3.05, 3.63) is 71.0 Å². The van der Waals surface area contributed by atoms with Gasteiger partial charge in [-0.2, -0.15) is 4.68 Å². The number of pyridine rings is 1. The summed E-state index contributed by atoms with van der Waals surface area (Å²) in [7, 11) is 0. The van der Waals surface area contributed by atoms with E-state index in [-0.39, 0.29) is 40.0 Å². The number of nitrogens with zero attached hydrogens (tertiary/aromatic N) is 7. The van der Waals surface area contributed by atoms with E-state index in [0.29, 0.717) is 42.0 Å². The number of aromatic amines is 1. The molecular weight excluding hydrogens is 532 g/mol. The Morgan fingerprint density at radius 1 is 1.18 bits per heavy atom. The van der Waals surface area contributed by atoms with Crippen molar-refractivity contribution in [2.75, 3.05) is 5.32 Å². The molecule has 2 N–H and O–H groups in total. The Hall–Kier alpha value is -4.52. The largest absolute Gasteiger partial charge is 0.340 e. The number of imidazole rings is 1. The van der Waals surface area contributed by atoms with E-state index in [0.717, 1.165) is 0 Å². The fraction of sp³-hybridized carbons (Fsp3) is 0.240. The highest BCUT2D eigenvalue weighted by Gasteiger charge is 2.42. The van der Waals surface area contributed by atoms with Gasteiger partial charge < -0.3 is 15.2 Å².